The SMILES string of the molecule is COc1cc(-c2ccc(-c3ccc(C4CN(C5CCOCC5)C4)nn3)c(-c3ccccc3O)c2)nc2cn(C)nc12. The van der Waals surface area contributed by atoms with E-state index in [1.54, 1.807) is 17.9 Å². The summed E-state index contributed by atoms with van der Waals surface area (Å²) in [6, 6.07) is 20.1. The van der Waals surface area contributed by atoms with Crippen LogP contribution in [0.4, 0.5) is 0 Å². The van der Waals surface area contributed by atoms with Gasteiger partial charge in [-0.25, -0.2) is 4.98 Å². The van der Waals surface area contributed by atoms with Crippen LogP contribution in [0.3, 0.4) is 0 Å². The molecule has 208 valence electrons. The van der Waals surface area contributed by atoms with Crippen molar-refractivity contribution in [3.8, 4) is 45.1 Å². The number of methoxy groups -OCH3 is 1. The minimum Gasteiger partial charge on any atom is -0.507 e. The second-order valence-electron chi connectivity index (χ2n) is 10.9. The van der Waals surface area contributed by atoms with Gasteiger partial charge in [-0.2, -0.15) is 15.3 Å². The van der Waals surface area contributed by atoms with Crippen LogP contribution in [0.1, 0.15) is 24.5 Å². The molecule has 9 heteroatoms. The lowest BCUT2D eigenvalue weighted by molar-refractivity contribution is 0.000892. The first-order valence-corrected chi connectivity index (χ1v) is 14.0. The monoisotopic (exact) mass is 548 g/mol. The molecule has 5 heterocycles. The number of likely N-dealkylation sites (tertiary alicyclic amines) is 1. The summed E-state index contributed by atoms with van der Waals surface area (Å²) in [5.74, 6) is 1.26. The number of aromatic hydroxyl groups is 1. The van der Waals surface area contributed by atoms with Crippen LogP contribution in [0.5, 0.6) is 11.5 Å². The van der Waals surface area contributed by atoms with Crippen LogP contribution in [-0.2, 0) is 11.8 Å². The summed E-state index contributed by atoms with van der Waals surface area (Å²) in [7, 11) is 3.50. The van der Waals surface area contributed by atoms with E-state index in [0.29, 0.717) is 23.2 Å². The molecule has 2 aromatic carbocycles. The van der Waals surface area contributed by atoms with Crippen molar-refractivity contribution < 1.29 is 14.6 Å². The highest BCUT2D eigenvalue weighted by Crippen LogP contribution is 2.40. The molecule has 0 bridgehead atoms. The topological polar surface area (TPSA) is 98.4 Å². The number of hydrogen-bond donors (Lipinski definition) is 1. The third kappa shape index (κ3) is 4.81. The first kappa shape index (κ1) is 25.6. The maximum Gasteiger partial charge on any atom is 0.153 e. The molecule has 2 saturated heterocycles. The molecule has 2 aliphatic rings. The van der Waals surface area contributed by atoms with Crippen LogP contribution in [0.25, 0.3) is 44.7 Å². The summed E-state index contributed by atoms with van der Waals surface area (Å²) in [6.07, 6.45) is 4.10. The van der Waals surface area contributed by atoms with E-state index in [1.165, 1.54) is 0 Å². The second-order valence-corrected chi connectivity index (χ2v) is 10.9. The van der Waals surface area contributed by atoms with Gasteiger partial charge in [0.2, 0.25) is 0 Å². The highest BCUT2D eigenvalue weighted by atomic mass is 16.5. The van der Waals surface area contributed by atoms with E-state index in [4.69, 9.17) is 14.5 Å². The Kier molecular flexibility index (Phi) is 6.60. The molecule has 1 N–H and O–H groups in total. The molecule has 0 radical (unpaired) electrons. The van der Waals surface area contributed by atoms with Gasteiger partial charge in [-0.3, -0.25) is 9.58 Å². The quantitative estimate of drug-likeness (QED) is 0.315. The number of phenolic OH excluding ortho intramolecular Hbond substituents is 1. The molecular weight excluding hydrogens is 516 g/mol. The average molecular weight is 549 g/mol. The van der Waals surface area contributed by atoms with Gasteiger partial charge in [0.05, 0.1) is 30.4 Å². The second kappa shape index (κ2) is 10.6. The lowest BCUT2D eigenvalue weighted by Crippen LogP contribution is -2.52. The highest BCUT2D eigenvalue weighted by Gasteiger charge is 2.35. The summed E-state index contributed by atoms with van der Waals surface area (Å²) in [4.78, 5) is 7.40. The number of benzene rings is 2. The summed E-state index contributed by atoms with van der Waals surface area (Å²) in [6.45, 7) is 3.77. The summed E-state index contributed by atoms with van der Waals surface area (Å²) < 4.78 is 12.9. The third-order valence-corrected chi connectivity index (χ3v) is 8.28. The number of para-hydroxylation sites is 1. The summed E-state index contributed by atoms with van der Waals surface area (Å²) in [5, 5.41) is 24.6. The molecule has 0 unspecified atom stereocenters. The van der Waals surface area contributed by atoms with Crippen LogP contribution in [0.2, 0.25) is 0 Å². The molecule has 0 atom stereocenters. The normalized spacial score (nSPS) is 16.6. The number of phenols is 1. The Balaban J connectivity index is 1.22. The van der Waals surface area contributed by atoms with Gasteiger partial charge in [0.25, 0.3) is 0 Å². The highest BCUT2D eigenvalue weighted by molar-refractivity contribution is 5.89. The van der Waals surface area contributed by atoms with Gasteiger partial charge in [0.15, 0.2) is 11.3 Å². The van der Waals surface area contributed by atoms with Crippen molar-refractivity contribution in [1.82, 2.24) is 29.9 Å². The maximum absolute atomic E-state index is 10.8. The predicted octanol–water partition coefficient (Wildman–Crippen LogP) is 5.05. The largest absolute Gasteiger partial charge is 0.507 e. The van der Waals surface area contributed by atoms with E-state index >= 15 is 0 Å². The molecule has 0 saturated carbocycles. The van der Waals surface area contributed by atoms with Crippen molar-refractivity contribution in [2.45, 2.75) is 24.8 Å². The first-order chi connectivity index (χ1) is 20.1. The molecule has 2 aliphatic heterocycles. The van der Waals surface area contributed by atoms with Gasteiger partial charge in [-0.15, -0.1) is 0 Å². The van der Waals surface area contributed by atoms with Crippen LogP contribution < -0.4 is 4.74 Å². The number of aromatic nitrogens is 5. The summed E-state index contributed by atoms with van der Waals surface area (Å²) >= 11 is 0. The molecule has 0 amide bonds. The minimum atomic E-state index is 0.200. The minimum absolute atomic E-state index is 0.200. The number of fused-ring (bicyclic) bond motifs is 1. The molecular formula is C32H32N6O3. The number of rotatable bonds is 6. The van der Waals surface area contributed by atoms with Crippen molar-refractivity contribution in [3.63, 3.8) is 0 Å². The van der Waals surface area contributed by atoms with Crippen molar-refractivity contribution in [2.24, 2.45) is 7.05 Å². The molecule has 41 heavy (non-hydrogen) atoms. The van der Waals surface area contributed by atoms with Crippen LogP contribution in [0.15, 0.2) is 66.9 Å². The van der Waals surface area contributed by atoms with Gasteiger partial charge < -0.3 is 14.6 Å². The molecule has 2 fully saturated rings. The summed E-state index contributed by atoms with van der Waals surface area (Å²) in [5.41, 5.74) is 7.36. The van der Waals surface area contributed by atoms with E-state index in [1.807, 2.05) is 61.8 Å². The van der Waals surface area contributed by atoms with Gasteiger partial charge in [-0.1, -0.05) is 30.3 Å². The molecule has 0 aliphatic carbocycles. The van der Waals surface area contributed by atoms with Crippen LogP contribution in [-0.4, -0.2) is 74.4 Å². The van der Waals surface area contributed by atoms with E-state index in [2.05, 4.69) is 26.3 Å². The Bertz CT molecular complexity index is 1710. The zero-order valence-corrected chi connectivity index (χ0v) is 23.2. The fourth-order valence-corrected chi connectivity index (χ4v) is 5.99. The Morgan fingerprint density at radius 3 is 2.49 bits per heavy atom. The lowest BCUT2D eigenvalue weighted by atomic mass is 9.91. The van der Waals surface area contributed by atoms with Crippen molar-refractivity contribution in [2.75, 3.05) is 33.4 Å². The fraction of sp³-hybridized carbons (Fsp3) is 0.312. The molecule has 5 aromatic rings. The smallest absolute Gasteiger partial charge is 0.153 e. The zero-order chi connectivity index (χ0) is 27.9. The van der Waals surface area contributed by atoms with Crippen molar-refractivity contribution >= 4 is 11.0 Å². The Morgan fingerprint density at radius 2 is 1.73 bits per heavy atom. The van der Waals surface area contributed by atoms with Crippen molar-refractivity contribution in [3.05, 3.63) is 72.6 Å². The molecule has 3 aromatic heterocycles. The number of nitrogens with zero attached hydrogens (tertiary/aromatic N) is 6. The third-order valence-electron chi connectivity index (χ3n) is 8.28. The van der Waals surface area contributed by atoms with Gasteiger partial charge in [0, 0.05) is 68.1 Å². The maximum atomic E-state index is 10.8. The molecule has 0 spiro atoms. The van der Waals surface area contributed by atoms with E-state index in [0.717, 1.165) is 84.0 Å². The number of ether oxygens (including phenoxy) is 2. The van der Waals surface area contributed by atoms with E-state index in [9.17, 15) is 5.11 Å². The Morgan fingerprint density at radius 1 is 0.902 bits per heavy atom. The average Bonchev–Trinajstić information content (AvgIpc) is 3.37. The zero-order valence-electron chi connectivity index (χ0n) is 23.2. The van der Waals surface area contributed by atoms with E-state index in [-0.39, 0.29) is 5.75 Å². The molecule has 7 rings (SSSR count). The molecule has 9 nitrogen and oxygen atoms in total. The number of pyridine rings is 1. The van der Waals surface area contributed by atoms with Gasteiger partial charge in [-0.05, 0) is 42.7 Å². The van der Waals surface area contributed by atoms with Crippen molar-refractivity contribution in [1.29, 1.82) is 0 Å². The Labute approximate surface area is 238 Å². The van der Waals surface area contributed by atoms with Gasteiger partial charge >= 0.3 is 0 Å². The standard InChI is InChI=1S/C32H32N6O3/c1-37-19-29-32(36-37)31(40-2)16-28(33-29)20-7-8-23(25(15-20)24-5-3-4-6-30(24)39)27-10-9-26(34-35-27)21-17-38(18-21)22-11-13-41-14-12-22/h3-10,15-16,19,21-22,39H,11-14,17-18H2,1-2H3. The number of aryl methyl sites for hydroxylation is 1. The van der Waals surface area contributed by atoms with E-state index < -0.39 is 0 Å². The number of hydrogen-bond acceptors (Lipinski definition) is 8. The predicted molar refractivity (Wildman–Crippen MR) is 157 cm³/mol. The Hall–Kier alpha value is -4.34. The van der Waals surface area contributed by atoms with Gasteiger partial charge in [0.1, 0.15) is 11.3 Å². The first-order valence-electron chi connectivity index (χ1n) is 14.0. The van der Waals surface area contributed by atoms with Crippen LogP contribution in [0, 0.1) is 0 Å². The fourth-order valence-electron chi connectivity index (χ4n) is 5.99. The lowest BCUT2D eigenvalue weighted by Gasteiger charge is -2.45. The van der Waals surface area contributed by atoms with Crippen LogP contribution >= 0.6 is 0 Å².